The molecule has 0 aliphatic heterocycles. The highest BCUT2D eigenvalue weighted by Gasteiger charge is 2.14. The number of anilines is 2. The van der Waals surface area contributed by atoms with Crippen LogP contribution in [0.25, 0.3) is 33.4 Å². The van der Waals surface area contributed by atoms with Crippen LogP contribution in [-0.4, -0.2) is 35.9 Å². The highest BCUT2D eigenvalue weighted by Crippen LogP contribution is 2.26. The Balaban J connectivity index is 1.21. The molecule has 0 saturated heterocycles. The second kappa shape index (κ2) is 9.67. The highest BCUT2D eigenvalue weighted by atomic mass is 35.5. The third-order valence-corrected chi connectivity index (χ3v) is 6.37. The Morgan fingerprint density at radius 2 is 1.78 bits per heavy atom. The van der Waals surface area contributed by atoms with Gasteiger partial charge in [-0.2, -0.15) is 5.10 Å². The highest BCUT2D eigenvalue weighted by molar-refractivity contribution is 6.31. The first-order chi connectivity index (χ1) is 18.1. The zero-order valence-corrected chi connectivity index (χ0v) is 20.2. The van der Waals surface area contributed by atoms with Gasteiger partial charge in [-0.1, -0.05) is 35.9 Å². The van der Waals surface area contributed by atoms with E-state index in [0.29, 0.717) is 22.4 Å². The number of hydrogen-bond donors (Lipinski definition) is 3. The summed E-state index contributed by atoms with van der Waals surface area (Å²) >= 11 is 6.17. The molecule has 0 atom stereocenters. The van der Waals surface area contributed by atoms with Gasteiger partial charge in [0.2, 0.25) is 0 Å². The molecule has 0 fully saturated rings. The Morgan fingerprint density at radius 1 is 0.919 bits per heavy atom. The van der Waals surface area contributed by atoms with Crippen molar-refractivity contribution in [3.05, 3.63) is 108 Å². The molecule has 37 heavy (non-hydrogen) atoms. The zero-order chi connectivity index (χ0) is 25.2. The average molecular weight is 506 g/mol. The fraction of sp³-hybridized carbons (Fsp3) is 0.0357. The Bertz CT molecular complexity index is 1710. The summed E-state index contributed by atoms with van der Waals surface area (Å²) in [5.74, 6) is 1.21. The van der Waals surface area contributed by atoms with Crippen molar-refractivity contribution in [1.29, 1.82) is 0 Å². The summed E-state index contributed by atoms with van der Waals surface area (Å²) in [6, 6.07) is 19.3. The summed E-state index contributed by atoms with van der Waals surface area (Å²) in [7, 11) is 0. The Labute approximate surface area is 216 Å². The SMILES string of the molecule is O=C(Cc1ccncc1Cl)c1cc2ccc(-c3nccc(Nc4ccc(-c5cn[nH]c5)cc4)n3)cc2[nH]1. The number of hydrogen-bond acceptors (Lipinski definition) is 6. The minimum Gasteiger partial charge on any atom is -0.352 e. The van der Waals surface area contributed by atoms with Crippen molar-refractivity contribution in [2.24, 2.45) is 0 Å². The van der Waals surface area contributed by atoms with E-state index < -0.39 is 0 Å². The zero-order valence-electron chi connectivity index (χ0n) is 19.4. The fourth-order valence-corrected chi connectivity index (χ4v) is 4.29. The van der Waals surface area contributed by atoms with Crippen molar-refractivity contribution in [1.82, 2.24) is 30.1 Å². The van der Waals surface area contributed by atoms with Crippen molar-refractivity contribution < 1.29 is 4.79 Å². The maximum Gasteiger partial charge on any atom is 0.183 e. The predicted molar refractivity (Wildman–Crippen MR) is 144 cm³/mol. The molecule has 0 radical (unpaired) electrons. The number of carbonyl (C=O) groups excluding carboxylic acids is 1. The van der Waals surface area contributed by atoms with Crippen molar-refractivity contribution in [2.45, 2.75) is 6.42 Å². The number of nitrogens with one attached hydrogen (secondary N) is 3. The van der Waals surface area contributed by atoms with Gasteiger partial charge in [-0.15, -0.1) is 0 Å². The molecule has 8 nitrogen and oxygen atoms in total. The molecule has 4 heterocycles. The van der Waals surface area contributed by atoms with Crippen molar-refractivity contribution >= 4 is 39.8 Å². The summed E-state index contributed by atoms with van der Waals surface area (Å²) in [5.41, 5.74) is 5.95. The lowest BCUT2D eigenvalue weighted by Crippen LogP contribution is -2.04. The summed E-state index contributed by atoms with van der Waals surface area (Å²) in [5, 5.41) is 11.6. The van der Waals surface area contributed by atoms with Gasteiger partial charge in [0.25, 0.3) is 0 Å². The normalized spacial score (nSPS) is 11.1. The van der Waals surface area contributed by atoms with Crippen LogP contribution in [0.1, 0.15) is 16.1 Å². The summed E-state index contributed by atoms with van der Waals surface area (Å²) in [4.78, 5) is 29.2. The molecule has 2 aromatic carbocycles. The number of aromatic amines is 2. The molecule has 4 aromatic heterocycles. The lowest BCUT2D eigenvalue weighted by atomic mass is 10.1. The Hall–Kier alpha value is -4.82. The minimum absolute atomic E-state index is 0.0490. The van der Waals surface area contributed by atoms with E-state index in [1.807, 2.05) is 60.8 Å². The number of benzene rings is 2. The molecular weight excluding hydrogens is 486 g/mol. The second-order valence-electron chi connectivity index (χ2n) is 8.51. The number of H-pyrrole nitrogens is 2. The van der Waals surface area contributed by atoms with Gasteiger partial charge in [0.05, 0.1) is 16.9 Å². The number of ketones is 1. The van der Waals surface area contributed by atoms with Crippen molar-refractivity contribution in [3.63, 3.8) is 0 Å². The Morgan fingerprint density at radius 3 is 2.59 bits per heavy atom. The van der Waals surface area contributed by atoms with Crippen LogP contribution in [0.2, 0.25) is 5.02 Å². The van der Waals surface area contributed by atoms with E-state index in [4.69, 9.17) is 11.6 Å². The summed E-state index contributed by atoms with van der Waals surface area (Å²) < 4.78 is 0. The van der Waals surface area contributed by atoms with E-state index in [0.717, 1.165) is 38.8 Å². The smallest absolute Gasteiger partial charge is 0.183 e. The molecule has 0 aliphatic rings. The van der Waals surface area contributed by atoms with Crippen LogP contribution >= 0.6 is 11.6 Å². The third kappa shape index (κ3) is 4.82. The molecular formula is C28H20ClN7O. The number of rotatable bonds is 7. The fourth-order valence-electron chi connectivity index (χ4n) is 4.10. The maximum absolute atomic E-state index is 12.8. The van der Waals surface area contributed by atoms with Gasteiger partial charge >= 0.3 is 0 Å². The second-order valence-corrected chi connectivity index (χ2v) is 8.91. The van der Waals surface area contributed by atoms with Crippen LogP contribution in [0.3, 0.4) is 0 Å². The third-order valence-electron chi connectivity index (χ3n) is 6.03. The molecule has 180 valence electrons. The number of fused-ring (bicyclic) bond motifs is 1. The molecule has 0 unspecified atom stereocenters. The van der Waals surface area contributed by atoms with Gasteiger partial charge in [0.1, 0.15) is 5.82 Å². The van der Waals surface area contributed by atoms with Crippen molar-refractivity contribution in [2.75, 3.05) is 5.32 Å². The van der Waals surface area contributed by atoms with Gasteiger partial charge in [0.15, 0.2) is 11.6 Å². The predicted octanol–water partition coefficient (Wildman–Crippen LogP) is 6.23. The molecule has 6 rings (SSSR count). The van der Waals surface area contributed by atoms with Gasteiger partial charge in [-0.25, -0.2) is 9.97 Å². The van der Waals surface area contributed by atoms with E-state index in [1.165, 1.54) is 0 Å². The molecule has 0 bridgehead atoms. The van der Waals surface area contributed by atoms with E-state index in [-0.39, 0.29) is 12.2 Å². The standard InChI is InChI=1S/C28H20ClN7O/c29-23-16-30-9-7-18(23)13-26(37)25-11-19-1-2-20(12-24(19)35-25)28-31-10-8-27(36-28)34-22-5-3-17(4-6-22)21-14-32-33-15-21/h1-12,14-16,35H,13H2,(H,32,33)(H,31,34,36). The van der Waals surface area contributed by atoms with Crippen LogP contribution < -0.4 is 5.32 Å². The number of pyridine rings is 1. The van der Waals surface area contributed by atoms with Crippen LogP contribution in [0.4, 0.5) is 11.5 Å². The molecule has 6 aromatic rings. The number of carbonyl (C=O) groups is 1. The molecule has 0 spiro atoms. The summed E-state index contributed by atoms with van der Waals surface area (Å²) in [6.45, 7) is 0. The largest absolute Gasteiger partial charge is 0.352 e. The van der Waals surface area contributed by atoms with E-state index >= 15 is 0 Å². The van der Waals surface area contributed by atoms with Crippen LogP contribution in [-0.2, 0) is 6.42 Å². The van der Waals surface area contributed by atoms with E-state index in [2.05, 4.69) is 35.5 Å². The molecule has 0 amide bonds. The van der Waals surface area contributed by atoms with Gasteiger partial charge < -0.3 is 10.3 Å². The van der Waals surface area contributed by atoms with E-state index in [9.17, 15) is 4.79 Å². The van der Waals surface area contributed by atoms with Crippen molar-refractivity contribution in [3.8, 4) is 22.5 Å². The first-order valence-corrected chi connectivity index (χ1v) is 11.9. The lowest BCUT2D eigenvalue weighted by Gasteiger charge is -2.08. The quantitative estimate of drug-likeness (QED) is 0.222. The number of Topliss-reactive ketones (excluding diaryl/α,β-unsaturated/α-hetero) is 1. The van der Waals surface area contributed by atoms with Crippen LogP contribution in [0.5, 0.6) is 0 Å². The molecule has 0 aliphatic carbocycles. The van der Waals surface area contributed by atoms with Gasteiger partial charge in [-0.05, 0) is 47.5 Å². The monoisotopic (exact) mass is 505 g/mol. The molecule has 9 heteroatoms. The van der Waals surface area contributed by atoms with E-state index in [1.54, 1.807) is 30.9 Å². The first kappa shape index (κ1) is 22.6. The maximum atomic E-state index is 12.8. The van der Waals surface area contributed by atoms with Gasteiger partial charge in [0, 0.05) is 58.9 Å². The lowest BCUT2D eigenvalue weighted by molar-refractivity contribution is 0.0989. The van der Waals surface area contributed by atoms with Gasteiger partial charge in [-0.3, -0.25) is 14.9 Å². The average Bonchev–Trinajstić information content (AvgIpc) is 3.61. The first-order valence-electron chi connectivity index (χ1n) is 11.6. The number of nitrogens with zero attached hydrogens (tertiary/aromatic N) is 4. The number of halogens is 1. The number of aromatic nitrogens is 6. The van der Waals surface area contributed by atoms with Crippen LogP contribution in [0, 0.1) is 0 Å². The summed E-state index contributed by atoms with van der Waals surface area (Å²) in [6.07, 6.45) is 8.73. The molecule has 0 saturated carbocycles. The molecule has 3 N–H and O–H groups in total. The topological polar surface area (TPSA) is 112 Å². The van der Waals surface area contributed by atoms with Crippen LogP contribution in [0.15, 0.2) is 91.6 Å². The Kier molecular flexibility index (Phi) is 5.92. The minimum atomic E-state index is -0.0490.